The van der Waals surface area contributed by atoms with E-state index in [0.717, 1.165) is 25.9 Å². The van der Waals surface area contributed by atoms with Crippen LogP contribution in [0.25, 0.3) is 0 Å². The molecule has 0 spiro atoms. The van der Waals surface area contributed by atoms with Gasteiger partial charge in [-0.05, 0) is 38.0 Å². The van der Waals surface area contributed by atoms with Crippen LogP contribution in [0.3, 0.4) is 0 Å². The summed E-state index contributed by atoms with van der Waals surface area (Å²) in [4.78, 5) is 5.18. The average molecular weight is 268 g/mol. The number of halogens is 1. The molecule has 2 rings (SSSR count). The number of benzene rings is 1. The third-order valence-corrected chi connectivity index (χ3v) is 3.65. The van der Waals surface area contributed by atoms with Crippen LogP contribution >= 0.6 is 0 Å². The molecule has 19 heavy (non-hydrogen) atoms. The molecule has 1 aromatic rings. The van der Waals surface area contributed by atoms with Crippen molar-refractivity contribution >= 4 is 0 Å². The molecule has 1 atom stereocenters. The molecule has 0 bridgehead atoms. The Kier molecular flexibility index (Phi) is 4.74. The van der Waals surface area contributed by atoms with Crippen molar-refractivity contribution in [1.29, 1.82) is 0 Å². The molecule has 0 amide bonds. The minimum absolute atomic E-state index is 0.0743. The first-order chi connectivity index (χ1) is 9.10. The Balaban J connectivity index is 1.94. The number of piperidine rings is 1. The summed E-state index contributed by atoms with van der Waals surface area (Å²) in [5.74, 6) is -0.189. The number of phenols is 1. The van der Waals surface area contributed by atoms with Crippen molar-refractivity contribution < 1.29 is 14.3 Å². The first kappa shape index (κ1) is 14.2. The molecule has 0 radical (unpaired) electrons. The van der Waals surface area contributed by atoms with E-state index in [0.29, 0.717) is 11.6 Å². The second-order valence-corrected chi connectivity index (χ2v) is 4.98. The minimum Gasteiger partial charge on any atom is -0.508 e. The Hall–Kier alpha value is -1.17. The van der Waals surface area contributed by atoms with Gasteiger partial charge in [-0.25, -0.2) is 4.39 Å². The number of nitrogens with one attached hydrogen (secondary N) is 1. The van der Waals surface area contributed by atoms with Gasteiger partial charge in [0.1, 0.15) is 11.6 Å². The van der Waals surface area contributed by atoms with E-state index in [4.69, 9.17) is 4.84 Å². The molecular formula is C14H21FN2O2. The second kappa shape index (κ2) is 6.32. The van der Waals surface area contributed by atoms with Gasteiger partial charge in [-0.2, -0.15) is 5.06 Å². The summed E-state index contributed by atoms with van der Waals surface area (Å²) in [6.45, 7) is 3.71. The molecule has 1 aliphatic heterocycles. The molecule has 1 fully saturated rings. The molecule has 1 heterocycles. The molecule has 0 aromatic heterocycles. The molecule has 106 valence electrons. The lowest BCUT2D eigenvalue weighted by atomic mass is 10.0. The summed E-state index contributed by atoms with van der Waals surface area (Å²) in [5, 5.41) is 15.2. The fourth-order valence-corrected chi connectivity index (χ4v) is 2.52. The summed E-state index contributed by atoms with van der Waals surface area (Å²) in [7, 11) is 1.68. The van der Waals surface area contributed by atoms with Gasteiger partial charge in [0.25, 0.3) is 0 Å². The van der Waals surface area contributed by atoms with E-state index in [1.807, 2.05) is 12.0 Å². The van der Waals surface area contributed by atoms with E-state index in [2.05, 4.69) is 5.32 Å². The fourth-order valence-electron chi connectivity index (χ4n) is 2.52. The normalized spacial score (nSPS) is 19.5. The van der Waals surface area contributed by atoms with Gasteiger partial charge >= 0.3 is 0 Å². The number of rotatable bonds is 4. The Morgan fingerprint density at radius 1 is 1.42 bits per heavy atom. The van der Waals surface area contributed by atoms with Crippen molar-refractivity contribution in [1.82, 2.24) is 10.4 Å². The van der Waals surface area contributed by atoms with Gasteiger partial charge < -0.3 is 15.3 Å². The van der Waals surface area contributed by atoms with E-state index in [1.165, 1.54) is 18.2 Å². The number of aromatic hydroxyl groups is 1. The standard InChI is InChI=1S/C14H21FN2O2/c1-10(13-9-11(15)3-4-14(13)18)16-12-5-7-17(19-2)8-6-12/h3-4,9-10,12,16,18H,5-8H2,1-2H3. The summed E-state index contributed by atoms with van der Waals surface area (Å²) >= 11 is 0. The SMILES string of the molecule is CON1CCC(NC(C)c2cc(F)ccc2O)CC1. The topological polar surface area (TPSA) is 44.7 Å². The lowest BCUT2D eigenvalue weighted by molar-refractivity contribution is -0.144. The van der Waals surface area contributed by atoms with Crippen LogP contribution in [0.2, 0.25) is 0 Å². The van der Waals surface area contributed by atoms with Gasteiger partial charge in [-0.15, -0.1) is 0 Å². The van der Waals surface area contributed by atoms with Gasteiger partial charge in [-0.1, -0.05) is 0 Å². The monoisotopic (exact) mass is 268 g/mol. The van der Waals surface area contributed by atoms with Crippen molar-refractivity contribution in [3.63, 3.8) is 0 Å². The van der Waals surface area contributed by atoms with Crippen LogP contribution in [0.5, 0.6) is 5.75 Å². The van der Waals surface area contributed by atoms with Gasteiger partial charge in [0.15, 0.2) is 0 Å². The number of hydrogen-bond donors (Lipinski definition) is 2. The smallest absolute Gasteiger partial charge is 0.123 e. The molecule has 1 aromatic carbocycles. The minimum atomic E-state index is -0.323. The number of phenolic OH excluding ortho intramolecular Hbond substituents is 1. The molecule has 4 nitrogen and oxygen atoms in total. The zero-order valence-corrected chi connectivity index (χ0v) is 11.4. The third-order valence-electron chi connectivity index (χ3n) is 3.65. The van der Waals surface area contributed by atoms with Crippen LogP contribution < -0.4 is 5.32 Å². The summed E-state index contributed by atoms with van der Waals surface area (Å²) in [6.07, 6.45) is 1.96. The lowest BCUT2D eigenvalue weighted by Crippen LogP contribution is -2.42. The fraction of sp³-hybridized carbons (Fsp3) is 0.571. The van der Waals surface area contributed by atoms with Crippen molar-refractivity contribution in [3.05, 3.63) is 29.6 Å². The van der Waals surface area contributed by atoms with E-state index in [1.54, 1.807) is 7.11 Å². The largest absolute Gasteiger partial charge is 0.508 e. The molecule has 0 saturated carbocycles. The van der Waals surface area contributed by atoms with Crippen molar-refractivity contribution in [2.75, 3.05) is 20.2 Å². The Bertz CT molecular complexity index is 420. The maximum atomic E-state index is 13.2. The average Bonchev–Trinajstić information content (AvgIpc) is 2.42. The molecule has 1 unspecified atom stereocenters. The maximum absolute atomic E-state index is 13.2. The van der Waals surface area contributed by atoms with Crippen LogP contribution in [0.15, 0.2) is 18.2 Å². The first-order valence-corrected chi connectivity index (χ1v) is 6.63. The molecule has 5 heteroatoms. The van der Waals surface area contributed by atoms with Crippen LogP contribution in [-0.4, -0.2) is 36.4 Å². The van der Waals surface area contributed by atoms with Crippen LogP contribution in [0.4, 0.5) is 4.39 Å². The predicted octanol–water partition coefficient (Wildman–Crippen LogP) is 2.21. The zero-order chi connectivity index (χ0) is 13.8. The quantitative estimate of drug-likeness (QED) is 0.879. The predicted molar refractivity (Wildman–Crippen MR) is 71.2 cm³/mol. The number of hydrogen-bond acceptors (Lipinski definition) is 4. The van der Waals surface area contributed by atoms with Gasteiger partial charge in [0.2, 0.25) is 0 Å². The Labute approximate surface area is 113 Å². The van der Waals surface area contributed by atoms with Crippen LogP contribution in [0.1, 0.15) is 31.4 Å². The van der Waals surface area contributed by atoms with Gasteiger partial charge in [0.05, 0.1) is 7.11 Å². The van der Waals surface area contributed by atoms with E-state index < -0.39 is 0 Å². The molecule has 1 saturated heterocycles. The molecule has 0 aliphatic carbocycles. The summed E-state index contributed by atoms with van der Waals surface area (Å²) in [5.41, 5.74) is 0.606. The summed E-state index contributed by atoms with van der Waals surface area (Å²) in [6, 6.07) is 4.34. The lowest BCUT2D eigenvalue weighted by Gasteiger charge is -2.32. The van der Waals surface area contributed by atoms with Crippen molar-refractivity contribution in [2.24, 2.45) is 0 Å². The van der Waals surface area contributed by atoms with Crippen molar-refractivity contribution in [2.45, 2.75) is 31.8 Å². The highest BCUT2D eigenvalue weighted by molar-refractivity contribution is 5.34. The highest BCUT2D eigenvalue weighted by Crippen LogP contribution is 2.26. The number of hydroxylamine groups is 2. The van der Waals surface area contributed by atoms with Gasteiger partial charge in [-0.3, -0.25) is 0 Å². The molecule has 1 aliphatic rings. The van der Waals surface area contributed by atoms with Crippen molar-refractivity contribution in [3.8, 4) is 5.75 Å². The summed E-state index contributed by atoms with van der Waals surface area (Å²) < 4.78 is 13.2. The maximum Gasteiger partial charge on any atom is 0.123 e. The zero-order valence-electron chi connectivity index (χ0n) is 11.4. The van der Waals surface area contributed by atoms with E-state index in [9.17, 15) is 9.50 Å². The van der Waals surface area contributed by atoms with E-state index >= 15 is 0 Å². The number of nitrogens with zero attached hydrogens (tertiary/aromatic N) is 1. The highest BCUT2D eigenvalue weighted by atomic mass is 19.1. The van der Waals surface area contributed by atoms with Gasteiger partial charge in [0, 0.05) is 30.7 Å². The van der Waals surface area contributed by atoms with Crippen LogP contribution in [-0.2, 0) is 4.84 Å². The highest BCUT2D eigenvalue weighted by Gasteiger charge is 2.21. The Morgan fingerprint density at radius 2 is 2.11 bits per heavy atom. The second-order valence-electron chi connectivity index (χ2n) is 4.98. The first-order valence-electron chi connectivity index (χ1n) is 6.63. The van der Waals surface area contributed by atoms with Crippen LogP contribution in [0, 0.1) is 5.82 Å². The Morgan fingerprint density at radius 3 is 2.74 bits per heavy atom. The molecule has 2 N–H and O–H groups in total. The molecular weight excluding hydrogens is 247 g/mol. The third kappa shape index (κ3) is 3.65. The van der Waals surface area contributed by atoms with E-state index in [-0.39, 0.29) is 17.6 Å².